The third kappa shape index (κ3) is 3.82. The van der Waals surface area contributed by atoms with Crippen LogP contribution in [0.2, 0.25) is 0 Å². The first-order chi connectivity index (χ1) is 15.7. The molecule has 5 rings (SSSR count). The number of aromatic nitrogens is 1. The van der Waals surface area contributed by atoms with Crippen LogP contribution in [0.4, 0.5) is 5.82 Å². The number of hydrogen-bond acceptors (Lipinski definition) is 3. The van der Waals surface area contributed by atoms with Gasteiger partial charge in [-0.05, 0) is 69.4 Å². The van der Waals surface area contributed by atoms with Crippen molar-refractivity contribution in [2.45, 2.75) is 6.54 Å². The summed E-state index contributed by atoms with van der Waals surface area (Å²) in [5.41, 5.74) is 5.97. The number of fused-ring (bicyclic) bond motifs is 2. The molecule has 0 aliphatic heterocycles. The third-order valence-corrected chi connectivity index (χ3v) is 5.70. The fourth-order valence-electron chi connectivity index (χ4n) is 3.97. The second kappa shape index (κ2) is 8.37. The first-order valence-corrected chi connectivity index (χ1v) is 10.5. The lowest BCUT2D eigenvalue weighted by Crippen LogP contribution is -2.02. The molecule has 1 N–H and O–H groups in total. The van der Waals surface area contributed by atoms with Gasteiger partial charge in [-0.1, -0.05) is 67.3 Å². The lowest BCUT2D eigenvalue weighted by atomic mass is 10.00. The highest BCUT2D eigenvalue weighted by molar-refractivity contribution is 5.92. The minimum atomic E-state index is 0.658. The molecule has 3 nitrogen and oxygen atoms in total. The standard InChI is InChI=1S/C29H21N3/c1-2-22-17-29(31-19-21-9-12-23-5-3-4-6-25(23)15-21)32-28-14-13-26(16-27(22)28)24-10-7-20(18-30)8-11-24/h2-17H,1,19H2,(H,31,32). The molecule has 0 aliphatic carbocycles. The molecule has 4 aromatic carbocycles. The van der Waals surface area contributed by atoms with Crippen LogP contribution in [-0.2, 0) is 6.54 Å². The van der Waals surface area contributed by atoms with Crippen LogP contribution in [0.3, 0.4) is 0 Å². The number of nitrogens with zero attached hydrogens (tertiary/aromatic N) is 2. The monoisotopic (exact) mass is 411 g/mol. The molecule has 0 aliphatic rings. The van der Waals surface area contributed by atoms with Crippen molar-refractivity contribution in [1.82, 2.24) is 4.98 Å². The fourth-order valence-corrected chi connectivity index (χ4v) is 3.97. The van der Waals surface area contributed by atoms with Crippen LogP contribution in [0, 0.1) is 11.3 Å². The molecule has 0 fully saturated rings. The van der Waals surface area contributed by atoms with Crippen molar-refractivity contribution >= 4 is 33.6 Å². The van der Waals surface area contributed by atoms with E-state index in [-0.39, 0.29) is 0 Å². The van der Waals surface area contributed by atoms with E-state index in [1.165, 1.54) is 16.3 Å². The maximum absolute atomic E-state index is 9.02. The van der Waals surface area contributed by atoms with Crippen LogP contribution < -0.4 is 5.32 Å². The lowest BCUT2D eigenvalue weighted by Gasteiger charge is -2.11. The Morgan fingerprint density at radius 2 is 1.62 bits per heavy atom. The van der Waals surface area contributed by atoms with Crippen LogP contribution in [0.5, 0.6) is 0 Å². The van der Waals surface area contributed by atoms with E-state index < -0.39 is 0 Å². The number of pyridine rings is 1. The van der Waals surface area contributed by atoms with Crippen LogP contribution in [0.25, 0.3) is 38.9 Å². The molecule has 0 atom stereocenters. The average molecular weight is 412 g/mol. The molecule has 0 radical (unpaired) electrons. The zero-order valence-electron chi connectivity index (χ0n) is 17.5. The van der Waals surface area contributed by atoms with Gasteiger partial charge in [0, 0.05) is 11.9 Å². The first kappa shape index (κ1) is 19.5. The summed E-state index contributed by atoms with van der Waals surface area (Å²) in [5, 5.41) is 16.0. The highest BCUT2D eigenvalue weighted by Gasteiger charge is 2.07. The topological polar surface area (TPSA) is 48.7 Å². The third-order valence-electron chi connectivity index (χ3n) is 5.70. The quantitative estimate of drug-likeness (QED) is 0.333. The van der Waals surface area contributed by atoms with E-state index in [9.17, 15) is 0 Å². The summed E-state index contributed by atoms with van der Waals surface area (Å²) >= 11 is 0. The molecule has 0 spiro atoms. The Bertz CT molecular complexity index is 1490. The van der Waals surface area contributed by atoms with Gasteiger partial charge in [0.1, 0.15) is 5.82 Å². The minimum Gasteiger partial charge on any atom is -0.366 e. The molecular formula is C29H21N3. The summed E-state index contributed by atoms with van der Waals surface area (Å²) in [4.78, 5) is 4.82. The van der Waals surface area contributed by atoms with Gasteiger partial charge in [0.2, 0.25) is 0 Å². The lowest BCUT2D eigenvalue weighted by molar-refractivity contribution is 1.13. The number of benzene rings is 4. The van der Waals surface area contributed by atoms with Crippen LogP contribution >= 0.6 is 0 Å². The predicted molar refractivity (Wildman–Crippen MR) is 133 cm³/mol. The summed E-state index contributed by atoms with van der Waals surface area (Å²) in [7, 11) is 0. The van der Waals surface area contributed by atoms with Gasteiger partial charge in [0.15, 0.2) is 0 Å². The van der Waals surface area contributed by atoms with Gasteiger partial charge in [-0.3, -0.25) is 0 Å². The molecule has 152 valence electrons. The normalized spacial score (nSPS) is 10.7. The number of nitriles is 1. The van der Waals surface area contributed by atoms with Crippen molar-refractivity contribution in [3.63, 3.8) is 0 Å². The fraction of sp³-hybridized carbons (Fsp3) is 0.0345. The van der Waals surface area contributed by atoms with E-state index in [2.05, 4.69) is 72.6 Å². The second-order valence-electron chi connectivity index (χ2n) is 7.76. The maximum atomic E-state index is 9.02. The molecule has 0 bridgehead atoms. The number of hydrogen-bond donors (Lipinski definition) is 1. The van der Waals surface area contributed by atoms with Crippen molar-refractivity contribution in [3.05, 3.63) is 114 Å². The van der Waals surface area contributed by atoms with Gasteiger partial charge >= 0.3 is 0 Å². The highest BCUT2D eigenvalue weighted by Crippen LogP contribution is 2.28. The van der Waals surface area contributed by atoms with E-state index in [0.29, 0.717) is 12.1 Å². The van der Waals surface area contributed by atoms with Gasteiger partial charge < -0.3 is 5.32 Å². The maximum Gasteiger partial charge on any atom is 0.127 e. The molecule has 0 amide bonds. The number of anilines is 1. The van der Waals surface area contributed by atoms with Gasteiger partial charge in [-0.15, -0.1) is 0 Å². The largest absolute Gasteiger partial charge is 0.366 e. The first-order valence-electron chi connectivity index (χ1n) is 10.5. The van der Waals surface area contributed by atoms with E-state index in [1.807, 2.05) is 42.5 Å². The Hall–Kier alpha value is -4.42. The highest BCUT2D eigenvalue weighted by atomic mass is 15.0. The smallest absolute Gasteiger partial charge is 0.127 e. The molecular weight excluding hydrogens is 390 g/mol. The molecule has 5 aromatic rings. The molecule has 3 heteroatoms. The summed E-state index contributed by atoms with van der Waals surface area (Å²) in [6, 6.07) is 33.0. The molecule has 0 unspecified atom stereocenters. The minimum absolute atomic E-state index is 0.658. The van der Waals surface area contributed by atoms with Crippen molar-refractivity contribution in [1.29, 1.82) is 5.26 Å². The number of rotatable bonds is 5. The second-order valence-corrected chi connectivity index (χ2v) is 7.76. The Kier molecular flexibility index (Phi) is 5.11. The Balaban J connectivity index is 1.44. The van der Waals surface area contributed by atoms with Crippen molar-refractivity contribution in [3.8, 4) is 17.2 Å². The molecule has 0 saturated carbocycles. The summed E-state index contributed by atoms with van der Waals surface area (Å²) in [5.74, 6) is 0.826. The molecule has 1 heterocycles. The van der Waals surface area contributed by atoms with E-state index in [4.69, 9.17) is 10.2 Å². The Labute approximate surface area is 187 Å². The molecule has 32 heavy (non-hydrogen) atoms. The molecule has 1 aromatic heterocycles. The summed E-state index contributed by atoms with van der Waals surface area (Å²) in [6.07, 6.45) is 1.87. The van der Waals surface area contributed by atoms with Gasteiger partial charge in [-0.2, -0.15) is 5.26 Å². The Morgan fingerprint density at radius 3 is 2.41 bits per heavy atom. The van der Waals surface area contributed by atoms with Gasteiger partial charge in [0.05, 0.1) is 17.1 Å². The van der Waals surface area contributed by atoms with E-state index in [1.54, 1.807) is 0 Å². The number of nitrogens with one attached hydrogen (secondary N) is 1. The summed E-state index contributed by atoms with van der Waals surface area (Å²) < 4.78 is 0. The van der Waals surface area contributed by atoms with Crippen molar-refractivity contribution < 1.29 is 0 Å². The zero-order chi connectivity index (χ0) is 21.9. The average Bonchev–Trinajstić information content (AvgIpc) is 2.86. The van der Waals surface area contributed by atoms with Crippen molar-refractivity contribution in [2.24, 2.45) is 0 Å². The van der Waals surface area contributed by atoms with Crippen LogP contribution in [0.15, 0.2) is 97.6 Å². The SMILES string of the molecule is C=Cc1cc(NCc2ccc3ccccc3c2)nc2ccc(-c3ccc(C#N)cc3)cc12. The Morgan fingerprint density at radius 1 is 0.844 bits per heavy atom. The zero-order valence-corrected chi connectivity index (χ0v) is 17.5. The van der Waals surface area contributed by atoms with Crippen LogP contribution in [-0.4, -0.2) is 4.98 Å². The van der Waals surface area contributed by atoms with E-state index >= 15 is 0 Å². The van der Waals surface area contributed by atoms with E-state index in [0.717, 1.165) is 33.4 Å². The summed E-state index contributed by atoms with van der Waals surface area (Å²) in [6.45, 7) is 4.71. The molecule has 0 saturated heterocycles. The van der Waals surface area contributed by atoms with Gasteiger partial charge in [0.25, 0.3) is 0 Å². The predicted octanol–water partition coefficient (Wildman–Crippen LogP) is 7.18. The van der Waals surface area contributed by atoms with Gasteiger partial charge in [-0.25, -0.2) is 4.98 Å². The van der Waals surface area contributed by atoms with Crippen LogP contribution in [0.1, 0.15) is 16.7 Å². The van der Waals surface area contributed by atoms with Crippen molar-refractivity contribution in [2.75, 3.05) is 5.32 Å².